The van der Waals surface area contributed by atoms with Gasteiger partial charge < -0.3 is 14.5 Å². The van der Waals surface area contributed by atoms with Crippen LogP contribution < -0.4 is 5.32 Å². The molecule has 2 aromatic rings. The first kappa shape index (κ1) is 21.8. The summed E-state index contributed by atoms with van der Waals surface area (Å²) in [6, 6.07) is 7.59. The van der Waals surface area contributed by atoms with Crippen molar-refractivity contribution in [1.82, 2.24) is 9.21 Å². The number of furan rings is 1. The highest BCUT2D eigenvalue weighted by atomic mass is 32.2. The molecule has 0 amide bonds. The summed E-state index contributed by atoms with van der Waals surface area (Å²) in [7, 11) is -3.92. The number of nitrogens with one attached hydrogen (secondary N) is 1. The van der Waals surface area contributed by atoms with E-state index in [0.717, 1.165) is 37.8 Å². The zero-order valence-corrected chi connectivity index (χ0v) is 17.9. The van der Waals surface area contributed by atoms with Crippen LogP contribution in [0.25, 0.3) is 0 Å². The molecule has 4 rings (SSSR count). The second kappa shape index (κ2) is 9.35. The van der Waals surface area contributed by atoms with E-state index >= 15 is 0 Å². The fourth-order valence-electron chi connectivity index (χ4n) is 4.06. The summed E-state index contributed by atoms with van der Waals surface area (Å²) < 4.78 is 38.8. The summed E-state index contributed by atoms with van der Waals surface area (Å²) in [5.74, 6) is 0.800. The minimum Gasteiger partial charge on any atom is -0.468 e. The Balaban J connectivity index is 1.63. The molecule has 1 unspecified atom stereocenters. The highest BCUT2D eigenvalue weighted by molar-refractivity contribution is 7.89. The summed E-state index contributed by atoms with van der Waals surface area (Å²) in [6.07, 6.45) is 3.83. The molecule has 2 saturated heterocycles. The number of hydrogen-bond donors (Lipinski definition) is 1. The molecular formula is C20H26N4O6S. The van der Waals surface area contributed by atoms with Crippen molar-refractivity contribution in [1.29, 1.82) is 0 Å². The minimum atomic E-state index is -3.92. The number of morpholine rings is 1. The minimum absolute atomic E-state index is 0.0633. The van der Waals surface area contributed by atoms with Crippen molar-refractivity contribution in [3.05, 3.63) is 52.5 Å². The molecule has 0 saturated carbocycles. The maximum Gasteiger partial charge on any atom is 0.270 e. The Bertz CT molecular complexity index is 999. The molecule has 3 heterocycles. The normalized spacial score (nSPS) is 19.4. The maximum atomic E-state index is 13.3. The first-order valence-electron chi connectivity index (χ1n) is 10.3. The van der Waals surface area contributed by atoms with E-state index < -0.39 is 14.9 Å². The molecule has 1 aromatic heterocycles. The fourth-order valence-corrected chi connectivity index (χ4v) is 5.66. The topological polar surface area (TPSA) is 118 Å². The number of rotatable bonds is 8. The summed E-state index contributed by atoms with van der Waals surface area (Å²) in [5, 5.41) is 14.5. The molecule has 2 aliphatic rings. The standard InChI is InChI=1S/C20H26N4O6S/c25-24(26)16-5-6-17(20(14-16)31(27,28)23-9-12-29-13-10-23)21-15-18(19-4-3-11-30-19)22-7-1-2-8-22/h3-6,11,14,18,21H,1-2,7-10,12-13,15H2. The number of nitrogens with zero attached hydrogens (tertiary/aromatic N) is 3. The van der Waals surface area contributed by atoms with E-state index in [1.807, 2.05) is 12.1 Å². The molecule has 10 nitrogen and oxygen atoms in total. The van der Waals surface area contributed by atoms with Gasteiger partial charge in [-0.1, -0.05) is 0 Å². The average molecular weight is 451 g/mol. The van der Waals surface area contributed by atoms with Gasteiger partial charge in [0.1, 0.15) is 10.7 Å². The van der Waals surface area contributed by atoms with Gasteiger partial charge in [-0.3, -0.25) is 15.0 Å². The molecule has 0 aliphatic carbocycles. The zero-order valence-electron chi connectivity index (χ0n) is 17.1. The van der Waals surface area contributed by atoms with Crippen molar-refractivity contribution in [2.45, 2.75) is 23.8 Å². The first-order chi connectivity index (χ1) is 15.0. The molecular weight excluding hydrogens is 424 g/mol. The molecule has 31 heavy (non-hydrogen) atoms. The van der Waals surface area contributed by atoms with Crippen molar-refractivity contribution in [3.63, 3.8) is 0 Å². The van der Waals surface area contributed by atoms with Crippen molar-refractivity contribution in [3.8, 4) is 0 Å². The second-order valence-corrected chi connectivity index (χ2v) is 9.52. The molecule has 0 radical (unpaired) electrons. The Labute approximate surface area is 181 Å². The third-order valence-corrected chi connectivity index (χ3v) is 7.64. The fraction of sp³-hybridized carbons (Fsp3) is 0.500. The molecule has 168 valence electrons. The highest BCUT2D eigenvalue weighted by Gasteiger charge is 2.31. The number of anilines is 1. The van der Waals surface area contributed by atoms with E-state index in [1.165, 1.54) is 16.4 Å². The predicted octanol–water partition coefficient (Wildman–Crippen LogP) is 2.46. The number of benzene rings is 1. The molecule has 0 spiro atoms. The van der Waals surface area contributed by atoms with Gasteiger partial charge in [0.05, 0.1) is 36.1 Å². The Morgan fingerprint density at radius 1 is 1.13 bits per heavy atom. The molecule has 0 bridgehead atoms. The average Bonchev–Trinajstić information content (AvgIpc) is 3.49. The summed E-state index contributed by atoms with van der Waals surface area (Å²) in [5.41, 5.74) is 0.0763. The van der Waals surface area contributed by atoms with Gasteiger partial charge >= 0.3 is 0 Å². The largest absolute Gasteiger partial charge is 0.468 e. The Morgan fingerprint density at radius 3 is 2.52 bits per heavy atom. The predicted molar refractivity (Wildman–Crippen MR) is 113 cm³/mol. The van der Waals surface area contributed by atoms with Gasteiger partial charge in [-0.25, -0.2) is 8.42 Å². The third kappa shape index (κ3) is 4.74. The van der Waals surface area contributed by atoms with Gasteiger partial charge in [-0.15, -0.1) is 0 Å². The van der Waals surface area contributed by atoms with Crippen LogP contribution in [0.4, 0.5) is 11.4 Å². The molecule has 1 aromatic carbocycles. The lowest BCUT2D eigenvalue weighted by molar-refractivity contribution is -0.385. The lowest BCUT2D eigenvalue weighted by Crippen LogP contribution is -2.41. The smallest absolute Gasteiger partial charge is 0.270 e. The van der Waals surface area contributed by atoms with Crippen LogP contribution in [0.5, 0.6) is 0 Å². The first-order valence-corrected chi connectivity index (χ1v) is 11.8. The second-order valence-electron chi connectivity index (χ2n) is 7.61. The van der Waals surface area contributed by atoms with Crippen LogP contribution in [0.15, 0.2) is 45.9 Å². The van der Waals surface area contributed by atoms with E-state index in [9.17, 15) is 18.5 Å². The van der Waals surface area contributed by atoms with Gasteiger partial charge in [0.15, 0.2) is 0 Å². The zero-order chi connectivity index (χ0) is 21.8. The summed E-state index contributed by atoms with van der Waals surface area (Å²) >= 11 is 0. The van der Waals surface area contributed by atoms with E-state index in [-0.39, 0.29) is 29.7 Å². The van der Waals surface area contributed by atoms with Crippen molar-refractivity contribution >= 4 is 21.4 Å². The van der Waals surface area contributed by atoms with E-state index in [2.05, 4.69) is 10.2 Å². The van der Waals surface area contributed by atoms with Crippen LogP contribution >= 0.6 is 0 Å². The number of sulfonamides is 1. The monoisotopic (exact) mass is 450 g/mol. The number of ether oxygens (including phenoxy) is 1. The molecule has 2 aliphatic heterocycles. The van der Waals surface area contributed by atoms with Crippen LogP contribution in [0.1, 0.15) is 24.6 Å². The lowest BCUT2D eigenvalue weighted by Gasteiger charge is -2.28. The van der Waals surface area contributed by atoms with E-state index in [0.29, 0.717) is 25.4 Å². The number of likely N-dealkylation sites (tertiary alicyclic amines) is 1. The van der Waals surface area contributed by atoms with Crippen molar-refractivity contribution < 1.29 is 22.5 Å². The Kier molecular flexibility index (Phi) is 6.56. The van der Waals surface area contributed by atoms with Crippen LogP contribution in [0, 0.1) is 10.1 Å². The SMILES string of the molecule is O=[N+]([O-])c1ccc(NCC(c2ccco2)N2CCCC2)c(S(=O)(=O)N2CCOCC2)c1. The van der Waals surface area contributed by atoms with Gasteiger partial charge in [-0.2, -0.15) is 4.31 Å². The quantitative estimate of drug-likeness (QED) is 0.481. The molecule has 1 N–H and O–H groups in total. The lowest BCUT2D eigenvalue weighted by atomic mass is 10.2. The van der Waals surface area contributed by atoms with Crippen LogP contribution in [0.2, 0.25) is 0 Å². The van der Waals surface area contributed by atoms with Crippen molar-refractivity contribution in [2.24, 2.45) is 0 Å². The van der Waals surface area contributed by atoms with Gasteiger partial charge in [0.25, 0.3) is 5.69 Å². The highest BCUT2D eigenvalue weighted by Crippen LogP contribution is 2.31. The van der Waals surface area contributed by atoms with Crippen LogP contribution in [-0.4, -0.2) is 68.5 Å². The summed E-state index contributed by atoms with van der Waals surface area (Å²) in [6.45, 7) is 3.31. The summed E-state index contributed by atoms with van der Waals surface area (Å²) in [4.78, 5) is 12.9. The molecule has 1 atom stereocenters. The molecule has 11 heteroatoms. The number of nitro benzene ring substituents is 1. The third-order valence-electron chi connectivity index (χ3n) is 5.70. The van der Waals surface area contributed by atoms with E-state index in [1.54, 1.807) is 6.26 Å². The van der Waals surface area contributed by atoms with E-state index in [4.69, 9.17) is 9.15 Å². The number of nitro groups is 1. The van der Waals surface area contributed by atoms with Crippen LogP contribution in [0.3, 0.4) is 0 Å². The maximum absolute atomic E-state index is 13.3. The van der Waals surface area contributed by atoms with Crippen LogP contribution in [-0.2, 0) is 14.8 Å². The molecule has 2 fully saturated rings. The van der Waals surface area contributed by atoms with Gasteiger partial charge in [0.2, 0.25) is 10.0 Å². The Morgan fingerprint density at radius 2 is 1.87 bits per heavy atom. The van der Waals surface area contributed by atoms with Gasteiger partial charge in [-0.05, 0) is 44.1 Å². The number of hydrogen-bond acceptors (Lipinski definition) is 8. The Hall–Kier alpha value is -2.47. The van der Waals surface area contributed by atoms with Crippen molar-refractivity contribution in [2.75, 3.05) is 51.3 Å². The van der Waals surface area contributed by atoms with Gasteiger partial charge in [0, 0.05) is 31.8 Å². The number of non-ortho nitro benzene ring substituents is 1.